The number of anilines is 3. The van der Waals surface area contributed by atoms with Crippen molar-refractivity contribution < 1.29 is 4.42 Å². The van der Waals surface area contributed by atoms with Crippen molar-refractivity contribution >= 4 is 49.8 Å². The molecule has 1 heterocycles. The van der Waals surface area contributed by atoms with Crippen molar-refractivity contribution in [2.75, 3.05) is 4.90 Å². The zero-order valence-corrected chi connectivity index (χ0v) is 26.8. The van der Waals surface area contributed by atoms with Gasteiger partial charge in [-0.3, -0.25) is 0 Å². The van der Waals surface area contributed by atoms with Crippen molar-refractivity contribution in [1.82, 2.24) is 0 Å². The maximum atomic E-state index is 7.10. The molecule has 1 aliphatic carbocycles. The first-order valence-corrected chi connectivity index (χ1v) is 16.9. The molecule has 8 aromatic carbocycles. The van der Waals surface area contributed by atoms with Crippen molar-refractivity contribution in [3.63, 3.8) is 0 Å². The maximum Gasteiger partial charge on any atom is 0.142 e. The minimum atomic E-state index is -0.587. The number of fused-ring (bicyclic) bond motifs is 7. The molecule has 1 aliphatic rings. The summed E-state index contributed by atoms with van der Waals surface area (Å²) in [6.45, 7) is 0. The Labute approximate surface area is 285 Å². The number of hydrogen-bond acceptors (Lipinski definition) is 2. The fourth-order valence-electron chi connectivity index (χ4n) is 8.36. The molecule has 0 atom stereocenters. The standard InChI is InChI=1S/C47H31NO/c1-3-18-33(19-4-1)47(39-26-12-9-23-36(39)37-24-10-13-27-40(37)47)41-30-31-43(45-38-25-11-14-29-44(38)49-46(41)45)48(34-20-5-2-6-21-34)42-28-15-17-32-16-7-8-22-35(32)42/h1-31H. The molecule has 0 radical (unpaired) electrons. The second-order valence-electron chi connectivity index (χ2n) is 12.8. The zero-order chi connectivity index (χ0) is 32.4. The molecular formula is C47H31NO. The van der Waals surface area contributed by atoms with Crippen LogP contribution < -0.4 is 4.90 Å². The second kappa shape index (κ2) is 10.8. The molecule has 2 nitrogen and oxygen atoms in total. The molecule has 0 N–H and O–H groups in total. The van der Waals surface area contributed by atoms with E-state index in [1.54, 1.807) is 0 Å². The van der Waals surface area contributed by atoms with Gasteiger partial charge in [0, 0.05) is 22.0 Å². The summed E-state index contributed by atoms with van der Waals surface area (Å²) in [5.74, 6) is 0. The zero-order valence-electron chi connectivity index (χ0n) is 26.8. The molecule has 2 heteroatoms. The molecule has 0 saturated carbocycles. The maximum absolute atomic E-state index is 7.10. The molecule has 0 spiro atoms. The predicted octanol–water partition coefficient (Wildman–Crippen LogP) is 12.6. The van der Waals surface area contributed by atoms with Gasteiger partial charge in [-0.1, -0.05) is 158 Å². The molecule has 10 rings (SSSR count). The quantitative estimate of drug-likeness (QED) is 0.189. The monoisotopic (exact) mass is 625 g/mol. The normalized spacial score (nSPS) is 13.1. The van der Waals surface area contributed by atoms with Crippen molar-refractivity contribution in [2.24, 2.45) is 0 Å². The Kier molecular flexibility index (Phi) is 6.13. The Bertz CT molecular complexity index is 2620. The van der Waals surface area contributed by atoms with Crippen LogP contribution in [0.1, 0.15) is 22.3 Å². The number of rotatable bonds is 5. The van der Waals surface area contributed by atoms with E-state index in [0.29, 0.717) is 0 Å². The summed E-state index contributed by atoms with van der Waals surface area (Å²) in [4.78, 5) is 2.40. The molecule has 1 aromatic heterocycles. The lowest BCUT2D eigenvalue weighted by Crippen LogP contribution is -2.29. The largest absolute Gasteiger partial charge is 0.456 e. The molecule has 0 amide bonds. The van der Waals surface area contributed by atoms with Gasteiger partial charge < -0.3 is 9.32 Å². The second-order valence-corrected chi connectivity index (χ2v) is 12.8. The first kappa shape index (κ1) is 27.7. The van der Waals surface area contributed by atoms with E-state index in [4.69, 9.17) is 4.42 Å². The lowest BCUT2D eigenvalue weighted by molar-refractivity contribution is 0.648. The van der Waals surface area contributed by atoms with Crippen LogP contribution in [-0.2, 0) is 5.41 Å². The van der Waals surface area contributed by atoms with Gasteiger partial charge in [0.15, 0.2) is 0 Å². The van der Waals surface area contributed by atoms with Crippen LogP contribution in [0.4, 0.5) is 17.1 Å². The average Bonchev–Trinajstić information content (AvgIpc) is 3.71. The van der Waals surface area contributed by atoms with E-state index in [1.165, 1.54) is 38.6 Å². The smallest absolute Gasteiger partial charge is 0.142 e. The van der Waals surface area contributed by atoms with Crippen LogP contribution in [-0.4, -0.2) is 0 Å². The third-order valence-corrected chi connectivity index (χ3v) is 10.3. The van der Waals surface area contributed by atoms with Crippen LogP contribution >= 0.6 is 0 Å². The molecule has 49 heavy (non-hydrogen) atoms. The molecule has 9 aromatic rings. The first-order chi connectivity index (χ1) is 24.3. The number of hydrogen-bond donors (Lipinski definition) is 0. The van der Waals surface area contributed by atoms with Gasteiger partial charge in [0.25, 0.3) is 0 Å². The minimum Gasteiger partial charge on any atom is -0.456 e. The lowest BCUT2D eigenvalue weighted by Gasteiger charge is -2.34. The Morgan fingerprint density at radius 1 is 0.408 bits per heavy atom. The van der Waals surface area contributed by atoms with Gasteiger partial charge in [0.1, 0.15) is 11.2 Å². The third-order valence-electron chi connectivity index (χ3n) is 10.3. The summed E-state index contributed by atoms with van der Waals surface area (Å²) in [7, 11) is 0. The highest BCUT2D eigenvalue weighted by Gasteiger charge is 2.47. The van der Waals surface area contributed by atoms with Gasteiger partial charge >= 0.3 is 0 Å². The summed E-state index contributed by atoms with van der Waals surface area (Å²) in [5.41, 5.74) is 11.9. The molecule has 0 aliphatic heterocycles. The molecule has 230 valence electrons. The van der Waals surface area contributed by atoms with Crippen molar-refractivity contribution in [3.05, 3.63) is 210 Å². The van der Waals surface area contributed by atoms with Crippen LogP contribution in [0.5, 0.6) is 0 Å². The van der Waals surface area contributed by atoms with Crippen LogP contribution in [0.2, 0.25) is 0 Å². The molecular weight excluding hydrogens is 595 g/mol. The van der Waals surface area contributed by atoms with E-state index >= 15 is 0 Å². The van der Waals surface area contributed by atoms with Gasteiger partial charge in [-0.2, -0.15) is 0 Å². The number of nitrogens with zero attached hydrogens (tertiary/aromatic N) is 1. The molecule has 0 unspecified atom stereocenters. The van der Waals surface area contributed by atoms with E-state index in [-0.39, 0.29) is 0 Å². The van der Waals surface area contributed by atoms with E-state index in [1.807, 2.05) is 0 Å². The van der Waals surface area contributed by atoms with Gasteiger partial charge in [-0.25, -0.2) is 0 Å². The topological polar surface area (TPSA) is 16.4 Å². The average molecular weight is 626 g/mol. The van der Waals surface area contributed by atoms with Crippen LogP contribution in [0.25, 0.3) is 43.8 Å². The number of furan rings is 1. The summed E-state index contributed by atoms with van der Waals surface area (Å²) in [5, 5.41) is 4.59. The van der Waals surface area contributed by atoms with E-state index in [2.05, 4.69) is 193 Å². The number of para-hydroxylation sites is 2. The van der Waals surface area contributed by atoms with E-state index < -0.39 is 5.41 Å². The van der Waals surface area contributed by atoms with Crippen molar-refractivity contribution in [3.8, 4) is 11.1 Å². The Hall–Kier alpha value is -6.38. The van der Waals surface area contributed by atoms with Gasteiger partial charge in [0.2, 0.25) is 0 Å². The molecule has 0 fully saturated rings. The summed E-state index contributed by atoms with van der Waals surface area (Å²) in [6, 6.07) is 67.8. The van der Waals surface area contributed by atoms with Crippen molar-refractivity contribution in [1.29, 1.82) is 0 Å². The highest BCUT2D eigenvalue weighted by atomic mass is 16.3. The summed E-state index contributed by atoms with van der Waals surface area (Å²) < 4.78 is 7.10. The first-order valence-electron chi connectivity index (χ1n) is 16.9. The van der Waals surface area contributed by atoms with Gasteiger partial charge in [0.05, 0.1) is 22.2 Å². The minimum absolute atomic E-state index is 0.587. The van der Waals surface area contributed by atoms with Crippen LogP contribution in [0.15, 0.2) is 192 Å². The molecule has 0 bridgehead atoms. The summed E-state index contributed by atoms with van der Waals surface area (Å²) in [6.07, 6.45) is 0. The summed E-state index contributed by atoms with van der Waals surface area (Å²) >= 11 is 0. The molecule has 0 saturated heterocycles. The fourth-order valence-corrected chi connectivity index (χ4v) is 8.36. The lowest BCUT2D eigenvalue weighted by atomic mass is 9.67. The SMILES string of the molecule is c1ccc(N(c2cccc3ccccc23)c2ccc(C3(c4ccccc4)c4ccccc4-c4ccccc43)c3oc4ccccc4c23)cc1. The Morgan fingerprint density at radius 3 is 1.76 bits per heavy atom. The van der Waals surface area contributed by atoms with Crippen LogP contribution in [0, 0.1) is 0 Å². The predicted molar refractivity (Wildman–Crippen MR) is 203 cm³/mol. The van der Waals surface area contributed by atoms with Crippen molar-refractivity contribution in [2.45, 2.75) is 5.41 Å². The Balaban J connectivity index is 1.36. The Morgan fingerprint density at radius 2 is 1.00 bits per heavy atom. The highest BCUT2D eigenvalue weighted by molar-refractivity contribution is 6.16. The third kappa shape index (κ3) is 3.95. The van der Waals surface area contributed by atoms with E-state index in [0.717, 1.165) is 44.6 Å². The van der Waals surface area contributed by atoms with Gasteiger partial charge in [-0.05, 0) is 63.5 Å². The number of benzene rings is 8. The van der Waals surface area contributed by atoms with E-state index in [9.17, 15) is 0 Å². The van der Waals surface area contributed by atoms with Gasteiger partial charge in [-0.15, -0.1) is 0 Å². The fraction of sp³-hybridized carbons (Fsp3) is 0.0213. The van der Waals surface area contributed by atoms with Crippen LogP contribution in [0.3, 0.4) is 0 Å². The highest BCUT2D eigenvalue weighted by Crippen LogP contribution is 2.58.